The smallest absolute Gasteiger partial charge is 0.251 e. The highest BCUT2D eigenvalue weighted by Crippen LogP contribution is 2.36. The van der Waals surface area contributed by atoms with Crippen LogP contribution in [0.1, 0.15) is 35.8 Å². The van der Waals surface area contributed by atoms with Crippen molar-refractivity contribution >= 4 is 17.5 Å². The molecule has 0 aliphatic carbocycles. The van der Waals surface area contributed by atoms with Crippen molar-refractivity contribution < 1.29 is 14.3 Å². The van der Waals surface area contributed by atoms with Crippen LogP contribution < -0.4 is 14.8 Å². The highest BCUT2D eigenvalue weighted by atomic mass is 35.5. The predicted octanol–water partition coefficient (Wildman–Crippen LogP) is 4.42. The van der Waals surface area contributed by atoms with Gasteiger partial charge in [-0.25, -0.2) is 0 Å². The minimum absolute atomic E-state index is 0.0659. The van der Waals surface area contributed by atoms with Gasteiger partial charge >= 0.3 is 0 Å². The van der Waals surface area contributed by atoms with Crippen molar-refractivity contribution in [3.8, 4) is 11.5 Å². The number of amides is 1. The Morgan fingerprint density at radius 1 is 1.18 bits per heavy atom. The van der Waals surface area contributed by atoms with Crippen LogP contribution in [0.3, 0.4) is 0 Å². The summed E-state index contributed by atoms with van der Waals surface area (Å²) in [6, 6.07) is 13.4. The molecule has 28 heavy (non-hydrogen) atoms. The van der Waals surface area contributed by atoms with Crippen LogP contribution in [0.2, 0.25) is 5.02 Å². The summed E-state index contributed by atoms with van der Waals surface area (Å²) in [6.07, 6.45) is 0. The van der Waals surface area contributed by atoms with Crippen LogP contribution in [-0.2, 0) is 0 Å². The molecule has 5 nitrogen and oxygen atoms in total. The fourth-order valence-electron chi connectivity index (χ4n) is 2.81. The number of carbonyl (C=O) groups is 1. The summed E-state index contributed by atoms with van der Waals surface area (Å²) in [6.45, 7) is 5.09. The summed E-state index contributed by atoms with van der Waals surface area (Å²) in [5.74, 6) is 1.05. The molecule has 1 N–H and O–H groups in total. The summed E-state index contributed by atoms with van der Waals surface area (Å²) in [5.41, 5.74) is 1.57. The molecule has 0 aliphatic heterocycles. The van der Waals surface area contributed by atoms with Crippen molar-refractivity contribution in [2.24, 2.45) is 5.92 Å². The molecule has 0 aromatic heterocycles. The Kier molecular flexibility index (Phi) is 8.15. The van der Waals surface area contributed by atoms with Crippen molar-refractivity contribution in [2.75, 3.05) is 34.4 Å². The normalized spacial score (nSPS) is 12.1. The van der Waals surface area contributed by atoms with E-state index in [1.54, 1.807) is 12.1 Å². The molecule has 1 atom stereocenters. The lowest BCUT2D eigenvalue weighted by Gasteiger charge is -2.25. The molecule has 152 valence electrons. The van der Waals surface area contributed by atoms with Crippen LogP contribution in [0, 0.1) is 5.92 Å². The Hall–Kier alpha value is -2.24. The number of hydrogen-bond acceptors (Lipinski definition) is 4. The molecule has 0 heterocycles. The van der Waals surface area contributed by atoms with E-state index in [1.807, 2.05) is 32.3 Å². The molecule has 2 aromatic rings. The van der Waals surface area contributed by atoms with E-state index in [2.05, 4.69) is 36.2 Å². The Morgan fingerprint density at radius 2 is 1.86 bits per heavy atom. The second-order valence-electron chi connectivity index (χ2n) is 7.29. The second kappa shape index (κ2) is 10.3. The van der Waals surface area contributed by atoms with E-state index < -0.39 is 0 Å². The van der Waals surface area contributed by atoms with Gasteiger partial charge in [0, 0.05) is 12.1 Å². The lowest BCUT2D eigenvalue weighted by Crippen LogP contribution is -2.34. The molecule has 0 radical (unpaired) electrons. The lowest BCUT2D eigenvalue weighted by molar-refractivity contribution is 0.0941. The predicted molar refractivity (Wildman–Crippen MR) is 114 cm³/mol. The fourth-order valence-corrected chi connectivity index (χ4v) is 3.07. The van der Waals surface area contributed by atoms with Gasteiger partial charge in [-0.3, -0.25) is 4.79 Å². The standard InChI is InChI=1S/C22H29ClN2O3/c1-15(2)14-28-21-18(23)11-17(12-20(21)27-5)22(26)24-13-19(25(3)4)16-9-7-6-8-10-16/h6-12,15,19H,13-14H2,1-5H3,(H,24,26). The number of ether oxygens (including phenoxy) is 2. The number of rotatable bonds is 9. The van der Waals surface area contributed by atoms with Crippen LogP contribution in [0.25, 0.3) is 0 Å². The maximum absolute atomic E-state index is 12.7. The van der Waals surface area contributed by atoms with Gasteiger partial charge in [-0.1, -0.05) is 55.8 Å². The van der Waals surface area contributed by atoms with Crippen LogP contribution in [-0.4, -0.2) is 45.2 Å². The van der Waals surface area contributed by atoms with Gasteiger partial charge in [0.15, 0.2) is 11.5 Å². The summed E-state index contributed by atoms with van der Waals surface area (Å²) in [4.78, 5) is 14.8. The third kappa shape index (κ3) is 5.88. The van der Waals surface area contributed by atoms with Gasteiger partial charge in [-0.15, -0.1) is 0 Å². The first-order valence-electron chi connectivity index (χ1n) is 9.33. The molecule has 1 amide bonds. The van der Waals surface area contributed by atoms with Crippen molar-refractivity contribution in [3.05, 3.63) is 58.6 Å². The Balaban J connectivity index is 2.14. The zero-order valence-corrected chi connectivity index (χ0v) is 17.9. The summed E-state index contributed by atoms with van der Waals surface area (Å²) >= 11 is 6.36. The van der Waals surface area contributed by atoms with Gasteiger partial charge in [-0.05, 0) is 37.7 Å². The molecule has 0 spiro atoms. The molecule has 0 bridgehead atoms. The van der Waals surface area contributed by atoms with E-state index in [-0.39, 0.29) is 11.9 Å². The van der Waals surface area contributed by atoms with Crippen LogP contribution in [0.15, 0.2) is 42.5 Å². The quantitative estimate of drug-likeness (QED) is 0.672. The summed E-state index contributed by atoms with van der Waals surface area (Å²) in [7, 11) is 5.52. The molecule has 1 unspecified atom stereocenters. The summed E-state index contributed by atoms with van der Waals surface area (Å²) in [5, 5.41) is 3.35. The Morgan fingerprint density at radius 3 is 2.43 bits per heavy atom. The lowest BCUT2D eigenvalue weighted by atomic mass is 10.1. The van der Waals surface area contributed by atoms with Crippen molar-refractivity contribution in [2.45, 2.75) is 19.9 Å². The Labute approximate surface area is 172 Å². The van der Waals surface area contributed by atoms with Gasteiger partial charge in [-0.2, -0.15) is 0 Å². The molecule has 0 saturated heterocycles. The number of likely N-dealkylation sites (N-methyl/N-ethyl adjacent to an activating group) is 1. The van der Waals surface area contributed by atoms with Crippen LogP contribution in [0.5, 0.6) is 11.5 Å². The first-order chi connectivity index (χ1) is 13.3. The molecule has 6 heteroatoms. The van der Waals surface area contributed by atoms with E-state index in [9.17, 15) is 4.79 Å². The second-order valence-corrected chi connectivity index (χ2v) is 7.70. The van der Waals surface area contributed by atoms with E-state index in [4.69, 9.17) is 21.1 Å². The average molecular weight is 405 g/mol. The summed E-state index contributed by atoms with van der Waals surface area (Å²) < 4.78 is 11.1. The van der Waals surface area contributed by atoms with E-state index >= 15 is 0 Å². The third-order valence-electron chi connectivity index (χ3n) is 4.32. The minimum Gasteiger partial charge on any atom is -0.493 e. The third-order valence-corrected chi connectivity index (χ3v) is 4.60. The fraction of sp³-hybridized carbons (Fsp3) is 0.409. The molecule has 0 saturated carbocycles. The minimum atomic E-state index is -0.210. The molecule has 2 aromatic carbocycles. The van der Waals surface area contributed by atoms with Gasteiger partial charge in [0.1, 0.15) is 0 Å². The number of benzene rings is 2. The maximum atomic E-state index is 12.7. The number of halogens is 1. The van der Waals surface area contributed by atoms with E-state index in [0.29, 0.717) is 41.2 Å². The van der Waals surface area contributed by atoms with Crippen molar-refractivity contribution in [1.29, 1.82) is 0 Å². The number of methoxy groups -OCH3 is 1. The molecule has 0 fully saturated rings. The monoisotopic (exact) mass is 404 g/mol. The first kappa shape index (κ1) is 22.1. The number of nitrogens with zero attached hydrogens (tertiary/aromatic N) is 1. The highest BCUT2D eigenvalue weighted by Gasteiger charge is 2.19. The first-order valence-corrected chi connectivity index (χ1v) is 9.71. The molecular weight excluding hydrogens is 376 g/mol. The van der Waals surface area contributed by atoms with E-state index in [1.165, 1.54) is 7.11 Å². The Bertz CT molecular complexity index is 779. The number of carbonyl (C=O) groups excluding carboxylic acids is 1. The average Bonchev–Trinajstić information content (AvgIpc) is 2.66. The van der Waals surface area contributed by atoms with Crippen LogP contribution >= 0.6 is 11.6 Å². The number of nitrogens with one attached hydrogen (secondary N) is 1. The topological polar surface area (TPSA) is 50.8 Å². The zero-order chi connectivity index (χ0) is 20.7. The molecular formula is C22H29ClN2O3. The van der Waals surface area contributed by atoms with Gasteiger partial charge in [0.25, 0.3) is 5.91 Å². The zero-order valence-electron chi connectivity index (χ0n) is 17.2. The molecule has 2 rings (SSSR count). The van der Waals surface area contributed by atoms with Crippen molar-refractivity contribution in [1.82, 2.24) is 10.2 Å². The van der Waals surface area contributed by atoms with Crippen LogP contribution in [0.4, 0.5) is 0 Å². The van der Waals surface area contributed by atoms with Crippen molar-refractivity contribution in [3.63, 3.8) is 0 Å². The van der Waals surface area contributed by atoms with Gasteiger partial charge in [0.05, 0.1) is 24.8 Å². The highest BCUT2D eigenvalue weighted by molar-refractivity contribution is 6.32. The van der Waals surface area contributed by atoms with Gasteiger partial charge < -0.3 is 19.7 Å². The molecule has 0 aliphatic rings. The number of hydrogen-bond donors (Lipinski definition) is 1. The largest absolute Gasteiger partial charge is 0.493 e. The van der Waals surface area contributed by atoms with E-state index in [0.717, 1.165) is 5.56 Å². The SMILES string of the molecule is COc1cc(C(=O)NCC(c2ccccc2)N(C)C)cc(Cl)c1OCC(C)C. The van der Waals surface area contributed by atoms with Gasteiger partial charge in [0.2, 0.25) is 0 Å². The maximum Gasteiger partial charge on any atom is 0.251 e.